The summed E-state index contributed by atoms with van der Waals surface area (Å²) < 4.78 is 31.2. The molecule has 0 saturated carbocycles. The Kier molecular flexibility index (Phi) is 6.27. The number of carbonyl (C=O) groups excluding carboxylic acids is 1. The molecule has 1 unspecified atom stereocenters. The van der Waals surface area contributed by atoms with Gasteiger partial charge in [0.1, 0.15) is 0 Å². The van der Waals surface area contributed by atoms with Crippen LogP contribution >= 0.6 is 23.2 Å². The number of hydrogen-bond acceptors (Lipinski definition) is 4. The molecule has 1 N–H and O–H groups in total. The van der Waals surface area contributed by atoms with E-state index in [-0.39, 0.29) is 23.4 Å². The molecule has 1 atom stereocenters. The molecule has 1 aliphatic heterocycles. The fourth-order valence-electron chi connectivity index (χ4n) is 2.20. The SMILES string of the molecule is CC1CN(S(=O)(=O)CCNC(=O)c2ccc(Cl)c(Cl)c2)CCO1. The molecule has 0 aliphatic carbocycles. The number of benzene rings is 1. The third-order valence-corrected chi connectivity index (χ3v) is 6.00. The number of nitrogens with zero attached hydrogens (tertiary/aromatic N) is 1. The lowest BCUT2D eigenvalue weighted by Crippen LogP contribution is -2.46. The van der Waals surface area contributed by atoms with Gasteiger partial charge >= 0.3 is 0 Å². The summed E-state index contributed by atoms with van der Waals surface area (Å²) in [6.07, 6.45) is -0.121. The molecule has 1 amide bonds. The van der Waals surface area contributed by atoms with Crippen LogP contribution in [0.4, 0.5) is 0 Å². The van der Waals surface area contributed by atoms with Gasteiger partial charge in [0.05, 0.1) is 28.5 Å². The maximum absolute atomic E-state index is 12.2. The first-order chi connectivity index (χ1) is 10.8. The highest BCUT2D eigenvalue weighted by molar-refractivity contribution is 7.89. The van der Waals surface area contributed by atoms with Crippen LogP contribution < -0.4 is 5.32 Å². The maximum Gasteiger partial charge on any atom is 0.251 e. The Morgan fingerprint density at radius 2 is 2.13 bits per heavy atom. The van der Waals surface area contributed by atoms with Crippen molar-refractivity contribution in [3.05, 3.63) is 33.8 Å². The Morgan fingerprint density at radius 1 is 1.39 bits per heavy atom. The number of morpholine rings is 1. The van der Waals surface area contributed by atoms with Gasteiger partial charge in [-0.2, -0.15) is 4.31 Å². The number of amides is 1. The average Bonchev–Trinajstić information content (AvgIpc) is 2.49. The van der Waals surface area contributed by atoms with Crippen molar-refractivity contribution in [2.45, 2.75) is 13.0 Å². The molecule has 1 aromatic carbocycles. The van der Waals surface area contributed by atoms with Gasteiger partial charge in [-0.1, -0.05) is 23.2 Å². The van der Waals surface area contributed by atoms with Crippen molar-refractivity contribution in [3.8, 4) is 0 Å². The summed E-state index contributed by atoms with van der Waals surface area (Å²) in [5.41, 5.74) is 0.330. The summed E-state index contributed by atoms with van der Waals surface area (Å²) >= 11 is 11.6. The second-order valence-corrected chi connectivity index (χ2v) is 8.14. The molecule has 23 heavy (non-hydrogen) atoms. The van der Waals surface area contributed by atoms with Crippen LogP contribution in [0, 0.1) is 0 Å². The quantitative estimate of drug-likeness (QED) is 0.844. The third-order valence-electron chi connectivity index (χ3n) is 3.42. The molecule has 0 aromatic heterocycles. The Balaban J connectivity index is 1.88. The zero-order chi connectivity index (χ0) is 17.0. The zero-order valence-corrected chi connectivity index (χ0v) is 14.9. The maximum atomic E-state index is 12.2. The number of hydrogen-bond donors (Lipinski definition) is 1. The first-order valence-corrected chi connectivity index (χ1v) is 9.49. The first-order valence-electron chi connectivity index (χ1n) is 7.12. The molecule has 2 rings (SSSR count). The fourth-order valence-corrected chi connectivity index (χ4v) is 3.91. The van der Waals surface area contributed by atoms with Gasteiger partial charge in [-0.15, -0.1) is 0 Å². The third kappa shape index (κ3) is 5.06. The van der Waals surface area contributed by atoms with Crippen molar-refractivity contribution >= 4 is 39.1 Å². The van der Waals surface area contributed by atoms with E-state index in [4.69, 9.17) is 27.9 Å². The molecule has 1 aromatic rings. The van der Waals surface area contributed by atoms with E-state index >= 15 is 0 Å². The van der Waals surface area contributed by atoms with E-state index in [2.05, 4.69) is 5.32 Å². The lowest BCUT2D eigenvalue weighted by atomic mass is 10.2. The molecule has 6 nitrogen and oxygen atoms in total. The van der Waals surface area contributed by atoms with E-state index in [9.17, 15) is 13.2 Å². The van der Waals surface area contributed by atoms with Crippen LogP contribution in [0.25, 0.3) is 0 Å². The van der Waals surface area contributed by atoms with Crippen molar-refractivity contribution in [2.75, 3.05) is 32.0 Å². The van der Waals surface area contributed by atoms with E-state index in [1.807, 2.05) is 6.92 Å². The molecule has 128 valence electrons. The monoisotopic (exact) mass is 380 g/mol. The topological polar surface area (TPSA) is 75.7 Å². The number of halogens is 2. The van der Waals surface area contributed by atoms with Gasteiger partial charge in [0.25, 0.3) is 5.91 Å². The average molecular weight is 381 g/mol. The van der Waals surface area contributed by atoms with Crippen LogP contribution in [0.3, 0.4) is 0 Å². The molecule has 1 heterocycles. The minimum atomic E-state index is -3.42. The molecular weight excluding hydrogens is 363 g/mol. The summed E-state index contributed by atoms with van der Waals surface area (Å²) in [6.45, 7) is 2.91. The minimum Gasteiger partial charge on any atom is -0.376 e. The largest absolute Gasteiger partial charge is 0.376 e. The lowest BCUT2D eigenvalue weighted by Gasteiger charge is -2.30. The molecule has 0 spiro atoms. The molecule has 0 radical (unpaired) electrons. The predicted octanol–water partition coefficient (Wildman–Crippen LogP) is 1.77. The Bertz CT molecular complexity index is 681. The van der Waals surface area contributed by atoms with Crippen molar-refractivity contribution in [3.63, 3.8) is 0 Å². The standard InChI is InChI=1S/C14H18Cl2N2O4S/c1-10-9-18(5-6-22-10)23(20,21)7-4-17-14(19)11-2-3-12(15)13(16)8-11/h2-3,8,10H,4-7,9H2,1H3,(H,17,19). The van der Waals surface area contributed by atoms with E-state index in [0.29, 0.717) is 30.3 Å². The second-order valence-electron chi connectivity index (χ2n) is 5.24. The van der Waals surface area contributed by atoms with Crippen LogP contribution in [0.2, 0.25) is 10.0 Å². The van der Waals surface area contributed by atoms with Gasteiger partial charge in [0.15, 0.2) is 0 Å². The highest BCUT2D eigenvalue weighted by Gasteiger charge is 2.27. The second kappa shape index (κ2) is 7.81. The van der Waals surface area contributed by atoms with Crippen LogP contribution in [-0.2, 0) is 14.8 Å². The smallest absolute Gasteiger partial charge is 0.251 e. The number of sulfonamides is 1. The van der Waals surface area contributed by atoms with Crippen LogP contribution in [0.5, 0.6) is 0 Å². The van der Waals surface area contributed by atoms with Crippen LogP contribution in [-0.4, -0.2) is 56.7 Å². The molecule has 1 fully saturated rings. The highest BCUT2D eigenvalue weighted by Crippen LogP contribution is 2.22. The minimum absolute atomic E-state index is 0.0210. The summed E-state index contributed by atoms with van der Waals surface area (Å²) in [4.78, 5) is 12.0. The van der Waals surface area contributed by atoms with E-state index in [0.717, 1.165) is 0 Å². The van der Waals surface area contributed by atoms with Crippen LogP contribution in [0.15, 0.2) is 18.2 Å². The first kappa shape index (κ1) is 18.5. The van der Waals surface area contributed by atoms with E-state index in [1.54, 1.807) is 0 Å². The van der Waals surface area contributed by atoms with Gasteiger partial charge in [-0.3, -0.25) is 4.79 Å². The molecule has 1 aliphatic rings. The Labute approximate surface area is 145 Å². The Hall–Kier alpha value is -0.860. The van der Waals surface area contributed by atoms with Gasteiger partial charge in [-0.05, 0) is 25.1 Å². The summed E-state index contributed by atoms with van der Waals surface area (Å²) in [6, 6.07) is 4.49. The van der Waals surface area contributed by atoms with Gasteiger partial charge in [0.2, 0.25) is 10.0 Å². The zero-order valence-electron chi connectivity index (χ0n) is 12.6. The van der Waals surface area contributed by atoms with Gasteiger partial charge < -0.3 is 10.1 Å². The number of rotatable bonds is 5. The van der Waals surface area contributed by atoms with Gasteiger partial charge in [-0.25, -0.2) is 8.42 Å². The fraction of sp³-hybridized carbons (Fsp3) is 0.500. The number of carbonyl (C=O) groups is 1. The number of ether oxygens (including phenoxy) is 1. The summed E-state index contributed by atoms with van der Waals surface area (Å²) in [5.74, 6) is -0.554. The lowest BCUT2D eigenvalue weighted by molar-refractivity contribution is 0.0102. The van der Waals surface area contributed by atoms with E-state index in [1.165, 1.54) is 22.5 Å². The predicted molar refractivity (Wildman–Crippen MR) is 89.6 cm³/mol. The highest BCUT2D eigenvalue weighted by atomic mass is 35.5. The summed E-state index contributed by atoms with van der Waals surface area (Å²) in [7, 11) is -3.42. The van der Waals surface area contributed by atoms with Crippen molar-refractivity contribution in [1.29, 1.82) is 0 Å². The van der Waals surface area contributed by atoms with Crippen LogP contribution in [0.1, 0.15) is 17.3 Å². The van der Waals surface area contributed by atoms with Crippen molar-refractivity contribution in [2.24, 2.45) is 0 Å². The number of nitrogens with one attached hydrogen (secondary N) is 1. The van der Waals surface area contributed by atoms with Crippen molar-refractivity contribution < 1.29 is 17.9 Å². The Morgan fingerprint density at radius 3 is 2.78 bits per heavy atom. The van der Waals surface area contributed by atoms with Gasteiger partial charge in [0, 0.05) is 25.2 Å². The summed E-state index contributed by atoms with van der Waals surface area (Å²) in [5, 5.41) is 3.20. The molecular formula is C14H18Cl2N2O4S. The molecule has 0 bridgehead atoms. The van der Waals surface area contributed by atoms with Crippen molar-refractivity contribution in [1.82, 2.24) is 9.62 Å². The molecule has 9 heteroatoms. The molecule has 1 saturated heterocycles. The normalized spacial score (nSPS) is 19.5. The van der Waals surface area contributed by atoms with E-state index < -0.39 is 15.9 Å².